The number of nitrogens with one attached hydrogen (secondary N) is 1. The maximum atomic E-state index is 3.69. The highest BCUT2D eigenvalue weighted by Gasteiger charge is 2.36. The van der Waals surface area contributed by atoms with E-state index in [2.05, 4.69) is 32.4 Å². The van der Waals surface area contributed by atoms with Crippen molar-refractivity contribution in [2.75, 3.05) is 0 Å². The normalized spacial score (nSPS) is 21.2. The molecule has 1 rings (SSSR count). The topological polar surface area (TPSA) is 12.0 Å². The summed E-state index contributed by atoms with van der Waals surface area (Å²) in [6.07, 6.45) is 6.82. The number of rotatable bonds is 4. The van der Waals surface area contributed by atoms with Crippen LogP contribution in [0.25, 0.3) is 0 Å². The molecule has 0 amide bonds. The molecule has 0 spiro atoms. The Labute approximate surface area is 87.2 Å². The van der Waals surface area contributed by atoms with Gasteiger partial charge in [-0.1, -0.05) is 25.3 Å². The monoisotopic (exact) mass is 201 g/mol. The molecule has 78 valence electrons. The van der Waals surface area contributed by atoms with Gasteiger partial charge in [0.2, 0.25) is 0 Å². The third-order valence-corrected chi connectivity index (χ3v) is 3.76. The van der Waals surface area contributed by atoms with E-state index >= 15 is 0 Å². The Morgan fingerprint density at radius 3 is 2.23 bits per heavy atom. The molecular formula is C11H23NS. The highest BCUT2D eigenvalue weighted by Crippen LogP contribution is 2.39. The van der Waals surface area contributed by atoms with Gasteiger partial charge in [-0.3, -0.25) is 4.72 Å². The fourth-order valence-corrected chi connectivity index (χ4v) is 2.58. The Hall–Kier alpha value is 0.310. The van der Waals surface area contributed by atoms with Gasteiger partial charge in [0.15, 0.2) is 0 Å². The standard InChI is InChI=1S/C11H23NS/c1-5-7-11(8-6-9-11)12-13-10(2,3)4/h12H,5-9H2,1-4H3. The Balaban J connectivity index is 2.32. The van der Waals surface area contributed by atoms with Crippen LogP contribution in [-0.4, -0.2) is 10.3 Å². The molecule has 0 radical (unpaired) electrons. The Morgan fingerprint density at radius 2 is 1.92 bits per heavy atom. The lowest BCUT2D eigenvalue weighted by Crippen LogP contribution is -2.48. The van der Waals surface area contributed by atoms with E-state index in [0.29, 0.717) is 10.3 Å². The molecule has 1 fully saturated rings. The van der Waals surface area contributed by atoms with Crippen molar-refractivity contribution in [1.29, 1.82) is 0 Å². The molecule has 1 saturated carbocycles. The van der Waals surface area contributed by atoms with Crippen molar-refractivity contribution >= 4 is 11.9 Å². The van der Waals surface area contributed by atoms with Crippen molar-refractivity contribution in [2.45, 2.75) is 70.1 Å². The smallest absolute Gasteiger partial charge is 0.0283 e. The molecule has 13 heavy (non-hydrogen) atoms. The first-order valence-electron chi connectivity index (χ1n) is 5.43. The van der Waals surface area contributed by atoms with E-state index in [1.54, 1.807) is 0 Å². The van der Waals surface area contributed by atoms with Crippen molar-refractivity contribution in [3.05, 3.63) is 0 Å². The summed E-state index contributed by atoms with van der Waals surface area (Å²) in [5.41, 5.74) is 0.493. The molecule has 0 atom stereocenters. The van der Waals surface area contributed by atoms with Crippen LogP contribution in [0.1, 0.15) is 59.8 Å². The fourth-order valence-electron chi connectivity index (χ4n) is 1.75. The minimum Gasteiger partial charge on any atom is -0.258 e. The quantitative estimate of drug-likeness (QED) is 0.695. The third-order valence-electron chi connectivity index (χ3n) is 2.61. The van der Waals surface area contributed by atoms with Crippen molar-refractivity contribution < 1.29 is 0 Å². The SMILES string of the molecule is CCCC1(NSC(C)(C)C)CCC1. The summed E-state index contributed by atoms with van der Waals surface area (Å²) < 4.78 is 4.03. The molecule has 0 aliphatic heterocycles. The molecule has 1 nitrogen and oxygen atoms in total. The highest BCUT2D eigenvalue weighted by molar-refractivity contribution is 7.98. The van der Waals surface area contributed by atoms with Crippen molar-refractivity contribution in [3.8, 4) is 0 Å². The molecule has 0 aromatic rings. The van der Waals surface area contributed by atoms with Crippen LogP contribution in [0.2, 0.25) is 0 Å². The highest BCUT2D eigenvalue weighted by atomic mass is 32.2. The first kappa shape index (κ1) is 11.4. The predicted octanol–water partition coefficient (Wildman–Crippen LogP) is 3.75. The lowest BCUT2D eigenvalue weighted by Gasteiger charge is -2.43. The fraction of sp³-hybridized carbons (Fsp3) is 1.00. The van der Waals surface area contributed by atoms with E-state index in [4.69, 9.17) is 0 Å². The molecule has 0 heterocycles. The van der Waals surface area contributed by atoms with Crippen molar-refractivity contribution in [3.63, 3.8) is 0 Å². The maximum absolute atomic E-state index is 3.69. The molecule has 1 N–H and O–H groups in total. The van der Waals surface area contributed by atoms with Crippen LogP contribution in [0, 0.1) is 0 Å². The van der Waals surface area contributed by atoms with Gasteiger partial charge < -0.3 is 0 Å². The van der Waals surface area contributed by atoms with Gasteiger partial charge in [-0.05, 0) is 46.5 Å². The first-order chi connectivity index (χ1) is 5.97. The molecule has 0 bridgehead atoms. The summed E-state index contributed by atoms with van der Waals surface area (Å²) in [5, 5.41) is 0. The largest absolute Gasteiger partial charge is 0.258 e. The van der Waals surface area contributed by atoms with Gasteiger partial charge in [0.05, 0.1) is 0 Å². The zero-order chi connectivity index (χ0) is 9.95. The van der Waals surface area contributed by atoms with E-state index in [-0.39, 0.29) is 0 Å². The second-order valence-corrected chi connectivity index (χ2v) is 6.83. The Kier molecular flexibility index (Phi) is 3.70. The van der Waals surface area contributed by atoms with Crippen LogP contribution in [0.3, 0.4) is 0 Å². The second kappa shape index (κ2) is 4.22. The maximum Gasteiger partial charge on any atom is 0.0283 e. The number of hydrogen-bond donors (Lipinski definition) is 1. The van der Waals surface area contributed by atoms with E-state index < -0.39 is 0 Å². The minimum atomic E-state index is 0.344. The van der Waals surface area contributed by atoms with Gasteiger partial charge in [-0.25, -0.2) is 0 Å². The van der Waals surface area contributed by atoms with E-state index in [1.807, 2.05) is 11.9 Å². The Bertz CT molecular complexity index is 156. The zero-order valence-corrected chi connectivity index (χ0v) is 10.3. The van der Waals surface area contributed by atoms with Crippen molar-refractivity contribution in [1.82, 2.24) is 4.72 Å². The minimum absolute atomic E-state index is 0.344. The molecule has 2 heteroatoms. The Morgan fingerprint density at radius 1 is 1.31 bits per heavy atom. The lowest BCUT2D eigenvalue weighted by atomic mass is 9.75. The lowest BCUT2D eigenvalue weighted by molar-refractivity contribution is 0.209. The van der Waals surface area contributed by atoms with Gasteiger partial charge in [-0.2, -0.15) is 0 Å². The summed E-state index contributed by atoms with van der Waals surface area (Å²) in [6.45, 7) is 9.08. The number of hydrogen-bond acceptors (Lipinski definition) is 2. The van der Waals surface area contributed by atoms with Crippen LogP contribution in [0.5, 0.6) is 0 Å². The van der Waals surface area contributed by atoms with E-state index in [0.717, 1.165) is 0 Å². The van der Waals surface area contributed by atoms with Gasteiger partial charge in [-0.15, -0.1) is 0 Å². The summed E-state index contributed by atoms with van der Waals surface area (Å²) in [5.74, 6) is 0. The van der Waals surface area contributed by atoms with Gasteiger partial charge in [0.1, 0.15) is 0 Å². The molecule has 0 saturated heterocycles. The summed E-state index contributed by atoms with van der Waals surface area (Å²) in [7, 11) is 0. The van der Waals surface area contributed by atoms with Crippen LogP contribution in [0.4, 0.5) is 0 Å². The van der Waals surface area contributed by atoms with Crippen LogP contribution in [0.15, 0.2) is 0 Å². The first-order valence-corrected chi connectivity index (χ1v) is 6.24. The molecular weight excluding hydrogens is 178 g/mol. The molecule has 1 aliphatic rings. The van der Waals surface area contributed by atoms with Gasteiger partial charge in [0, 0.05) is 10.3 Å². The molecule has 0 aromatic heterocycles. The van der Waals surface area contributed by atoms with E-state index in [9.17, 15) is 0 Å². The molecule has 0 aromatic carbocycles. The summed E-state index contributed by atoms with van der Waals surface area (Å²) in [6, 6.07) is 0. The van der Waals surface area contributed by atoms with Gasteiger partial charge in [0.25, 0.3) is 0 Å². The van der Waals surface area contributed by atoms with Gasteiger partial charge >= 0.3 is 0 Å². The van der Waals surface area contributed by atoms with Crippen LogP contribution >= 0.6 is 11.9 Å². The van der Waals surface area contributed by atoms with Crippen molar-refractivity contribution in [2.24, 2.45) is 0 Å². The van der Waals surface area contributed by atoms with Crippen LogP contribution in [-0.2, 0) is 0 Å². The molecule has 1 aliphatic carbocycles. The summed E-state index contributed by atoms with van der Waals surface area (Å²) >= 11 is 1.91. The summed E-state index contributed by atoms with van der Waals surface area (Å²) in [4.78, 5) is 0. The predicted molar refractivity (Wildman–Crippen MR) is 62.0 cm³/mol. The third kappa shape index (κ3) is 3.51. The zero-order valence-electron chi connectivity index (χ0n) is 9.44. The second-order valence-electron chi connectivity index (χ2n) is 5.20. The molecule has 0 unspecified atom stereocenters. The average molecular weight is 201 g/mol. The average Bonchev–Trinajstić information content (AvgIpc) is 1.92. The van der Waals surface area contributed by atoms with Crippen LogP contribution < -0.4 is 4.72 Å². The van der Waals surface area contributed by atoms with E-state index in [1.165, 1.54) is 32.1 Å².